The molecule has 226 valence electrons. The lowest BCUT2D eigenvalue weighted by atomic mass is 9.64. The van der Waals surface area contributed by atoms with Crippen molar-refractivity contribution in [3.8, 4) is 22.9 Å². The maximum atomic E-state index is 10.6. The lowest BCUT2D eigenvalue weighted by Gasteiger charge is -2.45. The molecule has 1 spiro atoms. The molecule has 5 heteroatoms. The predicted octanol–water partition coefficient (Wildman–Crippen LogP) is 10.7. The molecule has 2 aliphatic rings. The van der Waals surface area contributed by atoms with Crippen molar-refractivity contribution in [2.24, 2.45) is 0 Å². The van der Waals surface area contributed by atoms with Gasteiger partial charge in [-0.05, 0) is 69.8 Å². The second-order valence-electron chi connectivity index (χ2n) is 12.5. The van der Waals surface area contributed by atoms with Crippen molar-refractivity contribution in [1.82, 2.24) is 9.55 Å². The zero-order chi connectivity index (χ0) is 32.7. The number of rotatable bonds is 2. The van der Waals surface area contributed by atoms with Crippen LogP contribution in [-0.4, -0.2) is 9.55 Å². The summed E-state index contributed by atoms with van der Waals surface area (Å²) in [4.78, 5) is 10.7. The summed E-state index contributed by atoms with van der Waals surface area (Å²) in [5, 5.41) is 12.6. The lowest BCUT2D eigenvalue weighted by Crippen LogP contribution is -2.36. The first-order valence-corrected chi connectivity index (χ1v) is 16.2. The number of hydrogen-bond acceptors (Lipinski definition) is 3. The number of benzene rings is 6. The van der Waals surface area contributed by atoms with Crippen LogP contribution < -0.4 is 4.90 Å². The van der Waals surface area contributed by atoms with Gasteiger partial charge in [-0.15, -0.1) is 0 Å². The molecule has 10 rings (SSSR count). The highest BCUT2D eigenvalue weighted by Crippen LogP contribution is 2.63. The van der Waals surface area contributed by atoms with Crippen LogP contribution in [0.4, 0.5) is 22.7 Å². The zero-order valence-corrected chi connectivity index (χ0v) is 26.2. The number of anilines is 3. The van der Waals surface area contributed by atoms with E-state index in [1.807, 2.05) is 30.5 Å². The Morgan fingerprint density at radius 1 is 0.612 bits per heavy atom. The van der Waals surface area contributed by atoms with Crippen molar-refractivity contribution in [3.05, 3.63) is 191 Å². The van der Waals surface area contributed by atoms with Gasteiger partial charge in [0.1, 0.15) is 0 Å². The average molecular weight is 624 g/mol. The highest BCUT2D eigenvalue weighted by atomic mass is 15.2. The van der Waals surface area contributed by atoms with E-state index in [4.69, 9.17) is 6.57 Å². The van der Waals surface area contributed by atoms with Gasteiger partial charge in [-0.3, -0.25) is 4.98 Å². The van der Waals surface area contributed by atoms with Gasteiger partial charge in [0.25, 0.3) is 0 Å². The fraction of sp³-hybridized carbons (Fsp3) is 0.0227. The molecule has 49 heavy (non-hydrogen) atoms. The summed E-state index contributed by atoms with van der Waals surface area (Å²) in [6.45, 7) is 8.28. The van der Waals surface area contributed by atoms with E-state index in [1.165, 1.54) is 33.4 Å². The van der Waals surface area contributed by atoms with Crippen molar-refractivity contribution in [1.29, 1.82) is 5.26 Å². The normalized spacial score (nSPS) is 13.4. The van der Waals surface area contributed by atoms with Crippen LogP contribution in [0.5, 0.6) is 0 Å². The molecule has 5 nitrogen and oxygen atoms in total. The van der Waals surface area contributed by atoms with E-state index in [2.05, 4.69) is 141 Å². The highest BCUT2D eigenvalue weighted by Gasteiger charge is 2.51. The van der Waals surface area contributed by atoms with E-state index >= 15 is 0 Å². The SMILES string of the molecule is [C-]#[N+]c1c(C#N)cc(N2c3ccccc3C3(c4ccccc4-c4ccccc43)c3ccccc32)cc1-n1c2ccccc2c2cnccc21. The van der Waals surface area contributed by atoms with Gasteiger partial charge in [0.05, 0.1) is 51.7 Å². The predicted molar refractivity (Wildman–Crippen MR) is 195 cm³/mol. The van der Waals surface area contributed by atoms with Crippen LogP contribution in [0.2, 0.25) is 0 Å². The summed E-state index contributed by atoms with van der Waals surface area (Å²) in [5.74, 6) is 0. The van der Waals surface area contributed by atoms with Gasteiger partial charge >= 0.3 is 0 Å². The molecule has 0 amide bonds. The molecular formula is C44H25N5. The Bertz CT molecular complexity index is 2630. The van der Waals surface area contributed by atoms with E-state index in [-0.39, 0.29) is 0 Å². The Morgan fingerprint density at radius 2 is 1.18 bits per heavy atom. The number of aromatic nitrogens is 2. The third kappa shape index (κ3) is 3.43. The maximum absolute atomic E-state index is 10.6. The molecule has 0 radical (unpaired) electrons. The van der Waals surface area contributed by atoms with Crippen LogP contribution in [0.25, 0.3) is 43.5 Å². The van der Waals surface area contributed by atoms with E-state index < -0.39 is 5.41 Å². The Hall–Kier alpha value is -6.95. The van der Waals surface area contributed by atoms with Crippen LogP contribution in [0.1, 0.15) is 27.8 Å². The Kier molecular flexibility index (Phi) is 5.56. The monoisotopic (exact) mass is 623 g/mol. The molecule has 2 aromatic heterocycles. The first-order chi connectivity index (χ1) is 24.3. The third-order valence-electron chi connectivity index (χ3n) is 10.3. The van der Waals surface area contributed by atoms with E-state index in [0.29, 0.717) is 16.9 Å². The molecule has 0 fully saturated rings. The Labute approximate surface area is 283 Å². The molecule has 3 heterocycles. The lowest BCUT2D eigenvalue weighted by molar-refractivity contribution is 0.752. The average Bonchev–Trinajstić information content (AvgIpc) is 3.66. The van der Waals surface area contributed by atoms with Gasteiger partial charge in [0.2, 0.25) is 5.69 Å². The molecule has 1 aliphatic carbocycles. The van der Waals surface area contributed by atoms with E-state index in [9.17, 15) is 5.26 Å². The van der Waals surface area contributed by atoms with E-state index in [0.717, 1.165) is 38.9 Å². The maximum Gasteiger partial charge on any atom is 0.228 e. The van der Waals surface area contributed by atoms with Crippen molar-refractivity contribution < 1.29 is 0 Å². The summed E-state index contributed by atoms with van der Waals surface area (Å²) >= 11 is 0. The summed E-state index contributed by atoms with van der Waals surface area (Å²) in [6, 6.07) is 51.2. The highest BCUT2D eigenvalue weighted by molar-refractivity contribution is 6.09. The summed E-state index contributed by atoms with van der Waals surface area (Å²) < 4.78 is 2.11. The molecule has 0 unspecified atom stereocenters. The molecular weight excluding hydrogens is 599 g/mol. The smallest absolute Gasteiger partial charge is 0.228 e. The van der Waals surface area contributed by atoms with Crippen LogP contribution in [0, 0.1) is 17.9 Å². The van der Waals surface area contributed by atoms with Crippen LogP contribution in [0.3, 0.4) is 0 Å². The quantitative estimate of drug-likeness (QED) is 0.180. The van der Waals surface area contributed by atoms with Gasteiger partial charge in [-0.1, -0.05) is 103 Å². The summed E-state index contributed by atoms with van der Waals surface area (Å²) in [7, 11) is 0. The second kappa shape index (κ2) is 10.0. The number of para-hydroxylation sites is 3. The third-order valence-corrected chi connectivity index (χ3v) is 10.3. The topological polar surface area (TPSA) is 49.2 Å². The number of nitrogens with zero attached hydrogens (tertiary/aromatic N) is 5. The molecule has 8 aromatic rings. The van der Waals surface area contributed by atoms with Gasteiger partial charge in [-0.25, -0.2) is 4.85 Å². The van der Waals surface area contributed by atoms with Crippen molar-refractivity contribution >= 4 is 44.6 Å². The van der Waals surface area contributed by atoms with Gasteiger partial charge < -0.3 is 9.47 Å². The fourth-order valence-corrected chi connectivity index (χ4v) is 8.52. The van der Waals surface area contributed by atoms with Crippen LogP contribution >= 0.6 is 0 Å². The molecule has 0 saturated heterocycles. The fourth-order valence-electron chi connectivity index (χ4n) is 8.52. The first kappa shape index (κ1) is 27.2. The number of fused-ring (bicyclic) bond motifs is 12. The van der Waals surface area contributed by atoms with Crippen molar-refractivity contribution in [2.45, 2.75) is 5.41 Å². The van der Waals surface area contributed by atoms with E-state index in [1.54, 1.807) is 6.20 Å². The second-order valence-corrected chi connectivity index (χ2v) is 12.5. The molecule has 0 bridgehead atoms. The van der Waals surface area contributed by atoms with Gasteiger partial charge in [0, 0.05) is 28.9 Å². The van der Waals surface area contributed by atoms with Crippen LogP contribution in [-0.2, 0) is 5.41 Å². The Morgan fingerprint density at radius 3 is 1.84 bits per heavy atom. The first-order valence-electron chi connectivity index (χ1n) is 16.2. The van der Waals surface area contributed by atoms with Crippen molar-refractivity contribution in [2.75, 3.05) is 4.90 Å². The largest absolute Gasteiger partial charge is 0.319 e. The number of nitriles is 1. The molecule has 1 aliphatic heterocycles. The standard InChI is InChI=1S/C44H25N5/c1-46-43-28(26-45)24-29(25-42(43)49-38-19-9-4-14-32(38)33-27-47-23-22-39(33)49)48-40-20-10-7-17-36(40)44(37-18-8-11-21-41(37)48)34-15-5-2-12-30(34)31-13-3-6-16-35(31)44/h2-25,27H. The zero-order valence-electron chi connectivity index (χ0n) is 26.2. The molecule has 0 saturated carbocycles. The van der Waals surface area contributed by atoms with Gasteiger partial charge in [0.15, 0.2) is 0 Å². The minimum atomic E-state index is -0.534. The Balaban J connectivity index is 1.31. The summed E-state index contributed by atoms with van der Waals surface area (Å²) in [5.41, 5.74) is 12.9. The molecule has 0 N–H and O–H groups in total. The number of pyridine rings is 1. The minimum absolute atomic E-state index is 0.319. The summed E-state index contributed by atoms with van der Waals surface area (Å²) in [6.07, 6.45) is 3.65. The molecule has 0 atom stereocenters. The van der Waals surface area contributed by atoms with Crippen molar-refractivity contribution in [3.63, 3.8) is 0 Å². The molecule has 6 aromatic carbocycles. The number of hydrogen-bond donors (Lipinski definition) is 0. The van der Waals surface area contributed by atoms with Crippen LogP contribution in [0.15, 0.2) is 152 Å². The van der Waals surface area contributed by atoms with Gasteiger partial charge in [-0.2, -0.15) is 5.26 Å². The minimum Gasteiger partial charge on any atom is -0.319 e.